The van der Waals surface area contributed by atoms with E-state index in [0.717, 1.165) is 17.4 Å². The maximum atomic E-state index is 13.6. The van der Waals surface area contributed by atoms with E-state index in [1.165, 1.54) is 25.7 Å². The monoisotopic (exact) mass is 427 g/mol. The van der Waals surface area contributed by atoms with Gasteiger partial charge in [-0.1, -0.05) is 41.9 Å². The van der Waals surface area contributed by atoms with Crippen molar-refractivity contribution in [3.05, 3.63) is 60.4 Å². The molecule has 6 nitrogen and oxygen atoms in total. The summed E-state index contributed by atoms with van der Waals surface area (Å²) >= 11 is 0. The zero-order valence-electron chi connectivity index (χ0n) is 18.0. The quantitative estimate of drug-likeness (QED) is 0.442. The Morgan fingerprint density at radius 3 is 2.72 bits per heavy atom. The number of nitrogens with one attached hydrogen (secondary N) is 1. The molecular weight excluding hydrogens is 402 g/mol. The largest absolute Gasteiger partial charge is 0.463 e. The fourth-order valence-electron chi connectivity index (χ4n) is 5.77. The summed E-state index contributed by atoms with van der Waals surface area (Å²) in [6.07, 6.45) is 6.77. The summed E-state index contributed by atoms with van der Waals surface area (Å²) in [7, 11) is 0. The molecule has 4 atom stereocenters. The molecule has 2 saturated carbocycles. The first-order valence-electron chi connectivity index (χ1n) is 11.4. The van der Waals surface area contributed by atoms with E-state index in [4.69, 9.17) is 8.94 Å². The molecule has 162 valence electrons. The van der Waals surface area contributed by atoms with Crippen LogP contribution >= 0.6 is 0 Å². The highest BCUT2D eigenvalue weighted by Crippen LogP contribution is 2.49. The van der Waals surface area contributed by atoms with Crippen LogP contribution < -0.4 is 5.32 Å². The van der Waals surface area contributed by atoms with E-state index in [1.807, 2.05) is 36.4 Å². The molecule has 2 bridgehead atoms. The van der Waals surface area contributed by atoms with Gasteiger partial charge in [0, 0.05) is 11.6 Å². The molecule has 1 N–H and O–H groups in total. The molecule has 1 amide bonds. The molecule has 32 heavy (non-hydrogen) atoms. The van der Waals surface area contributed by atoms with Crippen molar-refractivity contribution in [2.75, 3.05) is 0 Å². The zero-order valence-corrected chi connectivity index (χ0v) is 18.0. The molecule has 0 saturated heterocycles. The van der Waals surface area contributed by atoms with Crippen molar-refractivity contribution in [1.82, 2.24) is 15.5 Å². The van der Waals surface area contributed by atoms with Crippen LogP contribution in [-0.2, 0) is 0 Å². The molecule has 0 spiro atoms. The normalized spacial score (nSPS) is 23.0. The lowest BCUT2D eigenvalue weighted by atomic mass is 9.84. The van der Waals surface area contributed by atoms with Crippen LogP contribution in [0.2, 0.25) is 0 Å². The van der Waals surface area contributed by atoms with E-state index >= 15 is 0 Å². The van der Waals surface area contributed by atoms with Crippen LogP contribution in [-0.4, -0.2) is 22.1 Å². The highest BCUT2D eigenvalue weighted by Gasteiger charge is 2.42. The Morgan fingerprint density at radius 2 is 2.00 bits per heavy atom. The highest BCUT2D eigenvalue weighted by atomic mass is 16.5. The van der Waals surface area contributed by atoms with E-state index in [1.54, 1.807) is 18.4 Å². The lowest BCUT2D eigenvalue weighted by Crippen LogP contribution is -2.40. The fraction of sp³-hybridized carbons (Fsp3) is 0.346. The van der Waals surface area contributed by atoms with Crippen LogP contribution in [0.15, 0.2) is 63.7 Å². The summed E-state index contributed by atoms with van der Waals surface area (Å²) in [6.45, 7) is 2.14. The van der Waals surface area contributed by atoms with Crippen molar-refractivity contribution in [2.24, 2.45) is 17.8 Å². The van der Waals surface area contributed by atoms with Crippen LogP contribution in [0, 0.1) is 17.8 Å². The molecular formula is C26H25N3O3. The van der Waals surface area contributed by atoms with Gasteiger partial charge in [-0.25, -0.2) is 4.98 Å². The Labute approximate surface area is 186 Å². The highest BCUT2D eigenvalue weighted by molar-refractivity contribution is 6.10. The molecule has 3 aromatic heterocycles. The second-order valence-corrected chi connectivity index (χ2v) is 9.21. The van der Waals surface area contributed by atoms with Gasteiger partial charge < -0.3 is 14.3 Å². The first-order chi connectivity index (χ1) is 15.7. The number of carbonyl (C=O) groups excluding carboxylic acids is 1. The van der Waals surface area contributed by atoms with Gasteiger partial charge in [-0.05, 0) is 62.1 Å². The number of aromatic nitrogens is 2. The van der Waals surface area contributed by atoms with E-state index in [2.05, 4.69) is 22.4 Å². The Morgan fingerprint density at radius 1 is 1.12 bits per heavy atom. The summed E-state index contributed by atoms with van der Waals surface area (Å²) in [5.74, 6) is 2.59. The zero-order chi connectivity index (χ0) is 21.7. The minimum absolute atomic E-state index is 0.119. The van der Waals surface area contributed by atoms with Crippen molar-refractivity contribution in [1.29, 1.82) is 0 Å². The molecule has 0 unspecified atom stereocenters. The number of benzene rings is 1. The first kappa shape index (κ1) is 19.3. The van der Waals surface area contributed by atoms with E-state index in [9.17, 15) is 4.79 Å². The van der Waals surface area contributed by atoms with Crippen LogP contribution in [0.1, 0.15) is 43.0 Å². The van der Waals surface area contributed by atoms with Crippen molar-refractivity contribution < 1.29 is 13.7 Å². The van der Waals surface area contributed by atoms with Gasteiger partial charge in [0.2, 0.25) is 0 Å². The Balaban J connectivity index is 1.41. The Hall–Kier alpha value is -3.41. The maximum absolute atomic E-state index is 13.6. The standard InChI is InChI=1S/C26H25N3O3/c1-15(19-13-16-9-10-18(19)12-16)27-25(30)20-14-21(22-8-5-11-31-22)28-26-23(20)24(29-32-26)17-6-3-2-4-7-17/h2-8,11,14-16,18-19H,9-10,12-13H2,1H3,(H,27,30)/t15-,16+,18+,19+/m1/s1. The second kappa shape index (κ2) is 7.62. The predicted molar refractivity (Wildman–Crippen MR) is 121 cm³/mol. The van der Waals surface area contributed by atoms with Crippen molar-refractivity contribution in [3.8, 4) is 22.7 Å². The number of furan rings is 1. The van der Waals surface area contributed by atoms with E-state index < -0.39 is 0 Å². The predicted octanol–water partition coefficient (Wildman–Crippen LogP) is 5.70. The minimum Gasteiger partial charge on any atom is -0.463 e. The Bertz CT molecular complexity index is 1260. The van der Waals surface area contributed by atoms with Crippen LogP contribution in [0.25, 0.3) is 33.8 Å². The topological polar surface area (TPSA) is 81.2 Å². The Kier molecular flexibility index (Phi) is 4.59. The van der Waals surface area contributed by atoms with Crippen LogP contribution in [0.4, 0.5) is 0 Å². The molecule has 2 fully saturated rings. The number of hydrogen-bond acceptors (Lipinski definition) is 5. The number of carbonyl (C=O) groups is 1. The van der Waals surface area contributed by atoms with Gasteiger partial charge in [0.25, 0.3) is 11.6 Å². The van der Waals surface area contributed by atoms with Crippen molar-refractivity contribution in [3.63, 3.8) is 0 Å². The van der Waals surface area contributed by atoms with Gasteiger partial charge in [-0.15, -0.1) is 0 Å². The van der Waals surface area contributed by atoms with Gasteiger partial charge in [-0.3, -0.25) is 4.79 Å². The molecule has 6 heteroatoms. The number of hydrogen-bond donors (Lipinski definition) is 1. The second-order valence-electron chi connectivity index (χ2n) is 9.21. The van der Waals surface area contributed by atoms with Crippen molar-refractivity contribution >= 4 is 17.0 Å². The van der Waals surface area contributed by atoms with Crippen LogP contribution in [0.3, 0.4) is 0 Å². The van der Waals surface area contributed by atoms with Gasteiger partial charge in [-0.2, -0.15) is 0 Å². The number of pyridine rings is 1. The molecule has 2 aliphatic rings. The summed E-state index contributed by atoms with van der Waals surface area (Å²) < 4.78 is 11.1. The van der Waals surface area contributed by atoms with E-state index in [-0.39, 0.29) is 11.9 Å². The molecule has 3 heterocycles. The average Bonchev–Trinajstić information content (AvgIpc) is 3.62. The first-order valence-corrected chi connectivity index (χ1v) is 11.4. The smallest absolute Gasteiger partial charge is 0.259 e. The number of nitrogens with zero attached hydrogens (tertiary/aromatic N) is 2. The third kappa shape index (κ3) is 3.22. The number of amides is 1. The van der Waals surface area contributed by atoms with Gasteiger partial charge in [0.15, 0.2) is 5.76 Å². The lowest BCUT2D eigenvalue weighted by molar-refractivity contribution is 0.0917. The summed E-state index contributed by atoms with van der Waals surface area (Å²) in [4.78, 5) is 18.2. The third-order valence-electron chi connectivity index (χ3n) is 7.31. The van der Waals surface area contributed by atoms with Crippen molar-refractivity contribution in [2.45, 2.75) is 38.6 Å². The molecule has 0 radical (unpaired) electrons. The third-order valence-corrected chi connectivity index (χ3v) is 7.31. The minimum atomic E-state index is -0.124. The SMILES string of the molecule is C[C@@H](NC(=O)c1cc(-c2ccco2)nc2onc(-c3ccccc3)c12)[C@@H]1C[C@H]2CC[C@H]1C2. The van der Waals surface area contributed by atoms with Crippen LogP contribution in [0.5, 0.6) is 0 Å². The number of rotatable bonds is 5. The molecule has 2 aliphatic carbocycles. The van der Waals surface area contributed by atoms with Gasteiger partial charge in [0.05, 0.1) is 17.2 Å². The summed E-state index contributed by atoms with van der Waals surface area (Å²) in [5, 5.41) is 8.19. The van der Waals surface area contributed by atoms with Gasteiger partial charge >= 0.3 is 0 Å². The summed E-state index contributed by atoms with van der Waals surface area (Å²) in [5.41, 5.74) is 2.90. The molecule has 6 rings (SSSR count). The van der Waals surface area contributed by atoms with E-state index in [0.29, 0.717) is 39.7 Å². The summed E-state index contributed by atoms with van der Waals surface area (Å²) in [6, 6.07) is 15.3. The maximum Gasteiger partial charge on any atom is 0.259 e. The molecule has 4 aromatic rings. The van der Waals surface area contributed by atoms with Gasteiger partial charge in [0.1, 0.15) is 11.4 Å². The molecule has 0 aliphatic heterocycles. The lowest BCUT2D eigenvalue weighted by Gasteiger charge is -2.28. The fourth-order valence-corrected chi connectivity index (χ4v) is 5.77. The number of fused-ring (bicyclic) bond motifs is 3. The molecule has 1 aromatic carbocycles. The average molecular weight is 428 g/mol.